The Hall–Kier alpha value is -2.28. The van der Waals surface area contributed by atoms with Gasteiger partial charge >= 0.3 is 12.0 Å². The van der Waals surface area contributed by atoms with Gasteiger partial charge in [-0.15, -0.1) is 0 Å². The summed E-state index contributed by atoms with van der Waals surface area (Å²) in [4.78, 5) is 37.1. The molecule has 7 nitrogen and oxygen atoms in total. The van der Waals surface area contributed by atoms with Crippen LogP contribution in [-0.4, -0.2) is 60.5 Å². The SMILES string of the molecule is CN(C)C(=O)CN(C)C(=O)Nc1cc(Cl)ccc1C(=O)O. The summed E-state index contributed by atoms with van der Waals surface area (Å²) in [7, 11) is 4.59. The van der Waals surface area contributed by atoms with Crippen molar-refractivity contribution in [1.82, 2.24) is 9.80 Å². The number of amides is 3. The van der Waals surface area contributed by atoms with E-state index in [1.165, 1.54) is 30.1 Å². The fourth-order valence-electron chi connectivity index (χ4n) is 1.43. The normalized spacial score (nSPS) is 9.90. The number of hydrogen-bond acceptors (Lipinski definition) is 3. The zero-order chi connectivity index (χ0) is 16.2. The lowest BCUT2D eigenvalue weighted by atomic mass is 10.2. The number of halogens is 1. The summed E-state index contributed by atoms with van der Waals surface area (Å²) in [6.07, 6.45) is 0. The smallest absolute Gasteiger partial charge is 0.337 e. The van der Waals surface area contributed by atoms with E-state index in [-0.39, 0.29) is 23.7 Å². The molecule has 0 saturated heterocycles. The average Bonchev–Trinajstić information content (AvgIpc) is 2.37. The molecule has 0 aliphatic rings. The number of carbonyl (C=O) groups excluding carboxylic acids is 2. The lowest BCUT2D eigenvalue weighted by molar-refractivity contribution is -0.129. The zero-order valence-corrected chi connectivity index (χ0v) is 12.6. The predicted octanol–water partition coefficient (Wildman–Crippen LogP) is 1.59. The van der Waals surface area contributed by atoms with E-state index >= 15 is 0 Å². The van der Waals surface area contributed by atoms with Gasteiger partial charge in [0.25, 0.3) is 0 Å². The monoisotopic (exact) mass is 313 g/mol. The van der Waals surface area contributed by atoms with Crippen molar-refractivity contribution >= 4 is 35.2 Å². The molecule has 0 aliphatic heterocycles. The molecule has 114 valence electrons. The van der Waals surface area contributed by atoms with Crippen molar-refractivity contribution in [1.29, 1.82) is 0 Å². The third-order valence-electron chi connectivity index (χ3n) is 2.67. The van der Waals surface area contributed by atoms with E-state index in [1.807, 2.05) is 0 Å². The highest BCUT2D eigenvalue weighted by atomic mass is 35.5. The molecule has 21 heavy (non-hydrogen) atoms. The largest absolute Gasteiger partial charge is 0.478 e. The van der Waals surface area contributed by atoms with Gasteiger partial charge in [0.15, 0.2) is 0 Å². The van der Waals surface area contributed by atoms with Crippen molar-refractivity contribution in [3.63, 3.8) is 0 Å². The van der Waals surface area contributed by atoms with Crippen LogP contribution in [0.15, 0.2) is 18.2 Å². The van der Waals surface area contributed by atoms with E-state index in [9.17, 15) is 14.4 Å². The van der Waals surface area contributed by atoms with E-state index in [2.05, 4.69) is 5.32 Å². The number of likely N-dealkylation sites (N-methyl/N-ethyl adjacent to an activating group) is 2. The van der Waals surface area contributed by atoms with Gasteiger partial charge in [0.2, 0.25) is 5.91 Å². The highest BCUT2D eigenvalue weighted by Crippen LogP contribution is 2.21. The topological polar surface area (TPSA) is 90.0 Å². The number of hydrogen-bond donors (Lipinski definition) is 2. The van der Waals surface area contributed by atoms with E-state index < -0.39 is 12.0 Å². The quantitative estimate of drug-likeness (QED) is 0.883. The molecule has 1 aromatic rings. The number of carboxylic acids is 1. The third kappa shape index (κ3) is 4.64. The molecule has 0 fully saturated rings. The first-order valence-corrected chi connectivity index (χ1v) is 6.35. The lowest BCUT2D eigenvalue weighted by Crippen LogP contribution is -2.40. The molecule has 1 aromatic carbocycles. The Kier molecular flexibility index (Phi) is 5.54. The Labute approximate surface area is 127 Å². The molecule has 0 heterocycles. The molecule has 8 heteroatoms. The van der Waals surface area contributed by atoms with Gasteiger partial charge in [-0.25, -0.2) is 9.59 Å². The maximum atomic E-state index is 12.0. The van der Waals surface area contributed by atoms with Gasteiger partial charge in [-0.1, -0.05) is 11.6 Å². The molecule has 0 radical (unpaired) electrons. The molecule has 0 aromatic heterocycles. The van der Waals surface area contributed by atoms with Gasteiger partial charge in [-0.3, -0.25) is 4.79 Å². The standard InChI is InChI=1S/C13H16ClN3O4/c1-16(2)11(18)7-17(3)13(21)15-10-6-8(14)4-5-9(10)12(19)20/h4-6H,7H2,1-3H3,(H,15,21)(H,19,20). The second kappa shape index (κ2) is 6.94. The molecule has 0 bridgehead atoms. The molecule has 0 spiro atoms. The van der Waals surface area contributed by atoms with Gasteiger partial charge in [0, 0.05) is 26.2 Å². The highest BCUT2D eigenvalue weighted by molar-refractivity contribution is 6.31. The molecule has 1 rings (SSSR count). The van der Waals surface area contributed by atoms with Crippen molar-refractivity contribution in [2.75, 3.05) is 33.0 Å². The summed E-state index contributed by atoms with van der Waals surface area (Å²) in [5, 5.41) is 11.8. The van der Waals surface area contributed by atoms with Crippen molar-refractivity contribution in [2.45, 2.75) is 0 Å². The van der Waals surface area contributed by atoms with Crippen LogP contribution >= 0.6 is 11.6 Å². The van der Waals surface area contributed by atoms with Crippen LogP contribution in [0.2, 0.25) is 5.02 Å². The second-order valence-corrected chi connectivity index (χ2v) is 5.01. The van der Waals surface area contributed by atoms with Crippen LogP contribution < -0.4 is 5.32 Å². The first kappa shape index (κ1) is 16.8. The van der Waals surface area contributed by atoms with Gasteiger partial charge in [0.05, 0.1) is 11.3 Å². The van der Waals surface area contributed by atoms with Crippen molar-refractivity contribution in [3.05, 3.63) is 28.8 Å². The summed E-state index contributed by atoms with van der Waals surface area (Å²) in [5.41, 5.74) is -0.00996. The molecule has 0 atom stereocenters. The summed E-state index contributed by atoms with van der Waals surface area (Å²) in [6.45, 7) is -0.123. The first-order chi connectivity index (χ1) is 9.72. The second-order valence-electron chi connectivity index (χ2n) is 4.57. The van der Waals surface area contributed by atoms with Crippen LogP contribution in [0.25, 0.3) is 0 Å². The summed E-state index contributed by atoms with van der Waals surface area (Å²) in [6, 6.07) is 3.45. The Balaban J connectivity index is 2.85. The molecule has 0 aliphatic carbocycles. The molecule has 2 N–H and O–H groups in total. The van der Waals surface area contributed by atoms with Crippen molar-refractivity contribution < 1.29 is 19.5 Å². The summed E-state index contributed by atoms with van der Waals surface area (Å²) < 4.78 is 0. The van der Waals surface area contributed by atoms with Crippen LogP contribution in [0.3, 0.4) is 0 Å². The minimum Gasteiger partial charge on any atom is -0.478 e. The van der Waals surface area contributed by atoms with Crippen LogP contribution in [0, 0.1) is 0 Å². The van der Waals surface area contributed by atoms with Gasteiger partial charge in [-0.2, -0.15) is 0 Å². The lowest BCUT2D eigenvalue weighted by Gasteiger charge is -2.20. The highest BCUT2D eigenvalue weighted by Gasteiger charge is 2.17. The minimum atomic E-state index is -1.19. The van der Waals surface area contributed by atoms with Crippen molar-refractivity contribution in [3.8, 4) is 0 Å². The zero-order valence-electron chi connectivity index (χ0n) is 11.9. The van der Waals surface area contributed by atoms with Gasteiger partial charge in [-0.05, 0) is 18.2 Å². The number of benzene rings is 1. The molecule has 0 unspecified atom stereocenters. The Morgan fingerprint density at radius 3 is 2.38 bits per heavy atom. The fraction of sp³-hybridized carbons (Fsp3) is 0.308. The van der Waals surface area contributed by atoms with E-state index in [1.54, 1.807) is 14.1 Å². The summed E-state index contributed by atoms with van der Waals surface area (Å²) in [5.74, 6) is -1.44. The molecule has 0 saturated carbocycles. The summed E-state index contributed by atoms with van der Waals surface area (Å²) >= 11 is 5.79. The number of nitrogens with zero attached hydrogens (tertiary/aromatic N) is 2. The average molecular weight is 314 g/mol. The van der Waals surface area contributed by atoms with Gasteiger partial charge < -0.3 is 20.2 Å². The van der Waals surface area contributed by atoms with Crippen LogP contribution in [0.4, 0.5) is 10.5 Å². The maximum Gasteiger partial charge on any atom is 0.337 e. The number of urea groups is 1. The molecular weight excluding hydrogens is 298 g/mol. The first-order valence-electron chi connectivity index (χ1n) is 5.97. The number of carbonyl (C=O) groups is 3. The van der Waals surface area contributed by atoms with E-state index in [4.69, 9.17) is 16.7 Å². The number of rotatable bonds is 4. The predicted molar refractivity (Wildman–Crippen MR) is 78.8 cm³/mol. The van der Waals surface area contributed by atoms with Gasteiger partial charge in [0.1, 0.15) is 6.54 Å². The van der Waals surface area contributed by atoms with Crippen LogP contribution in [0.1, 0.15) is 10.4 Å². The minimum absolute atomic E-state index is 0.0733. The number of carboxylic acid groups (broad SMARTS) is 1. The third-order valence-corrected chi connectivity index (χ3v) is 2.91. The van der Waals surface area contributed by atoms with E-state index in [0.29, 0.717) is 5.02 Å². The number of anilines is 1. The Morgan fingerprint density at radius 1 is 1.24 bits per heavy atom. The maximum absolute atomic E-state index is 12.0. The number of nitrogens with one attached hydrogen (secondary N) is 1. The van der Waals surface area contributed by atoms with Crippen molar-refractivity contribution in [2.24, 2.45) is 0 Å². The Bertz CT molecular complexity index is 575. The van der Waals surface area contributed by atoms with Crippen LogP contribution in [0.5, 0.6) is 0 Å². The van der Waals surface area contributed by atoms with E-state index in [0.717, 1.165) is 4.90 Å². The van der Waals surface area contributed by atoms with Crippen LogP contribution in [-0.2, 0) is 4.79 Å². The molecule has 3 amide bonds. The number of aromatic carboxylic acids is 1. The molecular formula is C13H16ClN3O4. The Morgan fingerprint density at radius 2 is 1.86 bits per heavy atom. The fourth-order valence-corrected chi connectivity index (χ4v) is 1.61.